The highest BCUT2D eigenvalue weighted by atomic mass is 15.1. The molecule has 0 bridgehead atoms. The molecule has 2 nitrogen and oxygen atoms in total. The van der Waals surface area contributed by atoms with E-state index < -0.39 is 0 Å². The molecule has 5 aromatic rings. The molecule has 43 heavy (non-hydrogen) atoms. The summed E-state index contributed by atoms with van der Waals surface area (Å²) in [5.74, 6) is 1.54. The topological polar surface area (TPSA) is 17.8 Å². The van der Waals surface area contributed by atoms with E-state index in [9.17, 15) is 0 Å². The maximum atomic E-state index is 5.03. The second-order valence-electron chi connectivity index (χ2n) is 11.2. The highest BCUT2D eigenvalue weighted by Gasteiger charge is 2.32. The van der Waals surface area contributed by atoms with Gasteiger partial charge in [0.05, 0.1) is 11.0 Å². The van der Waals surface area contributed by atoms with E-state index in [1.807, 2.05) is 18.2 Å². The largest absolute Gasteiger partial charge is 0.292 e. The van der Waals surface area contributed by atoms with Crippen molar-refractivity contribution in [3.05, 3.63) is 175 Å². The third kappa shape index (κ3) is 4.75. The van der Waals surface area contributed by atoms with E-state index >= 15 is 0 Å². The molecule has 2 unspecified atom stereocenters. The predicted molar refractivity (Wildman–Crippen MR) is 183 cm³/mol. The Hall–Kier alpha value is -5.21. The van der Waals surface area contributed by atoms with E-state index in [-0.39, 0.29) is 0 Å². The first-order chi connectivity index (χ1) is 21.2. The van der Waals surface area contributed by atoms with Crippen LogP contribution in [0.25, 0.3) is 44.5 Å². The summed E-state index contributed by atoms with van der Waals surface area (Å²) >= 11 is 0. The van der Waals surface area contributed by atoms with Crippen LogP contribution >= 0.6 is 0 Å². The lowest BCUT2D eigenvalue weighted by Crippen LogP contribution is -2.22. The van der Waals surface area contributed by atoms with Gasteiger partial charge in [-0.15, -0.1) is 0 Å². The van der Waals surface area contributed by atoms with Gasteiger partial charge in [-0.1, -0.05) is 122 Å². The third-order valence-electron chi connectivity index (χ3n) is 8.67. The third-order valence-corrected chi connectivity index (χ3v) is 8.67. The first-order valence-corrected chi connectivity index (χ1v) is 15.0. The number of para-hydroxylation sites is 2. The Bertz CT molecular complexity index is 2060. The summed E-state index contributed by atoms with van der Waals surface area (Å²) in [4.78, 5) is 5.03. The fraction of sp³-hybridized carbons (Fsp3) is 0.0976. The number of benzene rings is 4. The lowest BCUT2D eigenvalue weighted by Gasteiger charge is -2.34. The molecule has 7 rings (SSSR count). The molecule has 0 amide bonds. The normalized spacial score (nSPS) is 18.5. The van der Waals surface area contributed by atoms with E-state index in [2.05, 4.69) is 152 Å². The van der Waals surface area contributed by atoms with Crippen LogP contribution in [0, 0.1) is 11.8 Å². The van der Waals surface area contributed by atoms with Crippen LogP contribution in [-0.2, 0) is 0 Å². The quantitative estimate of drug-likeness (QED) is 0.191. The molecule has 4 aromatic carbocycles. The van der Waals surface area contributed by atoms with Crippen molar-refractivity contribution in [2.75, 3.05) is 0 Å². The van der Waals surface area contributed by atoms with Crippen molar-refractivity contribution in [1.29, 1.82) is 0 Å². The van der Waals surface area contributed by atoms with Crippen molar-refractivity contribution in [1.82, 2.24) is 9.55 Å². The number of fused-ring (bicyclic) bond motifs is 3. The average Bonchev–Trinajstić information content (AvgIpc) is 3.45. The van der Waals surface area contributed by atoms with Crippen molar-refractivity contribution in [2.24, 2.45) is 11.8 Å². The predicted octanol–water partition coefficient (Wildman–Crippen LogP) is 10.6. The monoisotopic (exact) mass is 554 g/mol. The fourth-order valence-electron chi connectivity index (χ4n) is 6.68. The Morgan fingerprint density at radius 2 is 1.56 bits per heavy atom. The van der Waals surface area contributed by atoms with Crippen LogP contribution in [0.1, 0.15) is 19.4 Å². The molecular weight excluding hydrogens is 520 g/mol. The molecule has 0 N–H and O–H groups in total. The summed E-state index contributed by atoms with van der Waals surface area (Å²) in [6, 6.07) is 32.5. The zero-order valence-corrected chi connectivity index (χ0v) is 24.6. The van der Waals surface area contributed by atoms with E-state index in [0.717, 1.165) is 28.1 Å². The minimum Gasteiger partial charge on any atom is -0.292 e. The number of imidazole rings is 1. The van der Waals surface area contributed by atoms with E-state index in [1.54, 1.807) is 0 Å². The molecule has 2 aliphatic carbocycles. The van der Waals surface area contributed by atoms with Crippen LogP contribution < -0.4 is 0 Å². The van der Waals surface area contributed by atoms with E-state index in [1.165, 1.54) is 38.6 Å². The molecule has 0 spiro atoms. The Labute approximate surface area is 253 Å². The summed E-state index contributed by atoms with van der Waals surface area (Å²) < 4.78 is 2.28. The van der Waals surface area contributed by atoms with Gasteiger partial charge in [-0.2, -0.15) is 0 Å². The van der Waals surface area contributed by atoms with Crippen molar-refractivity contribution in [3.8, 4) is 17.1 Å². The van der Waals surface area contributed by atoms with Gasteiger partial charge in [0.2, 0.25) is 0 Å². The molecule has 0 saturated carbocycles. The van der Waals surface area contributed by atoms with Gasteiger partial charge >= 0.3 is 0 Å². The number of allylic oxidation sites excluding steroid dienone is 13. The lowest BCUT2D eigenvalue weighted by atomic mass is 9.69. The van der Waals surface area contributed by atoms with Crippen LogP contribution in [0.3, 0.4) is 0 Å². The van der Waals surface area contributed by atoms with Crippen molar-refractivity contribution >= 4 is 27.4 Å². The molecule has 2 aliphatic rings. The van der Waals surface area contributed by atoms with Gasteiger partial charge in [-0.05, 0) is 82.8 Å². The van der Waals surface area contributed by atoms with Gasteiger partial charge in [0, 0.05) is 23.1 Å². The summed E-state index contributed by atoms with van der Waals surface area (Å²) in [6.45, 7) is 8.23. The number of rotatable bonds is 6. The van der Waals surface area contributed by atoms with Crippen LogP contribution in [0.5, 0.6) is 0 Å². The standard InChI is InChI=1S/C41H34N2/c1-4-6-14-29(5-2)40-28(3)25-37(35-17-10-11-18-36(35)40)33-22-21-32-27-34(24-23-31(32)26-33)43-39-20-13-12-19-38(39)42-41(43)30-15-8-7-9-16-30/h4-27,35-36H,1H2,2-3H3/b14-6-,29-5-. The van der Waals surface area contributed by atoms with Gasteiger partial charge in [0.1, 0.15) is 5.82 Å². The first kappa shape index (κ1) is 26.7. The highest BCUT2D eigenvalue weighted by Crippen LogP contribution is 2.46. The van der Waals surface area contributed by atoms with Crippen molar-refractivity contribution in [3.63, 3.8) is 0 Å². The zero-order valence-electron chi connectivity index (χ0n) is 24.6. The molecule has 208 valence electrons. The number of hydrogen-bond acceptors (Lipinski definition) is 1. The molecule has 2 heteroatoms. The zero-order chi connectivity index (χ0) is 29.3. The number of nitrogens with zero attached hydrogens (tertiary/aromatic N) is 2. The molecule has 0 aliphatic heterocycles. The lowest BCUT2D eigenvalue weighted by molar-refractivity contribution is 0.641. The van der Waals surface area contributed by atoms with Crippen LogP contribution in [0.2, 0.25) is 0 Å². The maximum absolute atomic E-state index is 5.03. The van der Waals surface area contributed by atoms with E-state index in [0.29, 0.717) is 11.8 Å². The number of aromatic nitrogens is 2. The Morgan fingerprint density at radius 3 is 2.37 bits per heavy atom. The van der Waals surface area contributed by atoms with Crippen LogP contribution in [-0.4, -0.2) is 9.55 Å². The second kappa shape index (κ2) is 11.2. The Balaban J connectivity index is 1.32. The molecule has 0 fully saturated rings. The fourth-order valence-corrected chi connectivity index (χ4v) is 6.68. The smallest absolute Gasteiger partial charge is 0.145 e. The molecule has 1 heterocycles. The molecular formula is C41H34N2. The van der Waals surface area contributed by atoms with Crippen molar-refractivity contribution in [2.45, 2.75) is 13.8 Å². The minimum absolute atomic E-state index is 0.290. The maximum Gasteiger partial charge on any atom is 0.145 e. The van der Waals surface area contributed by atoms with Crippen molar-refractivity contribution < 1.29 is 0 Å². The SMILES string of the molecule is C=C/C=C\C(=C\C)C1=C(C)C=C(c2ccc3cc(-n4c(-c5ccccc5)nc5ccccc54)ccc3c2)C2C=CC=CC12. The summed E-state index contributed by atoms with van der Waals surface area (Å²) in [5.41, 5.74) is 10.9. The Morgan fingerprint density at radius 1 is 0.814 bits per heavy atom. The number of hydrogen-bond donors (Lipinski definition) is 0. The molecule has 0 saturated heterocycles. The Kier molecular flexibility index (Phi) is 6.96. The van der Waals surface area contributed by atoms with Crippen LogP contribution in [0.4, 0.5) is 0 Å². The molecule has 2 atom stereocenters. The summed E-state index contributed by atoms with van der Waals surface area (Å²) in [5, 5.41) is 2.44. The highest BCUT2D eigenvalue weighted by molar-refractivity contribution is 5.91. The summed E-state index contributed by atoms with van der Waals surface area (Å²) in [7, 11) is 0. The average molecular weight is 555 g/mol. The first-order valence-electron chi connectivity index (χ1n) is 15.0. The second-order valence-corrected chi connectivity index (χ2v) is 11.2. The van der Waals surface area contributed by atoms with Crippen LogP contribution in [0.15, 0.2) is 169 Å². The van der Waals surface area contributed by atoms with E-state index in [4.69, 9.17) is 4.98 Å². The summed E-state index contributed by atoms with van der Waals surface area (Å²) in [6.07, 6.45) is 19.7. The van der Waals surface area contributed by atoms with Gasteiger partial charge in [-0.3, -0.25) is 4.57 Å². The van der Waals surface area contributed by atoms with Gasteiger partial charge < -0.3 is 0 Å². The molecule has 0 radical (unpaired) electrons. The van der Waals surface area contributed by atoms with Gasteiger partial charge in [0.15, 0.2) is 0 Å². The molecule has 1 aromatic heterocycles. The minimum atomic E-state index is 0.290. The van der Waals surface area contributed by atoms with Gasteiger partial charge in [0.25, 0.3) is 0 Å². The van der Waals surface area contributed by atoms with Gasteiger partial charge in [-0.25, -0.2) is 4.98 Å².